The molecule has 1 amide bonds. The Bertz CT molecular complexity index is 1190. The van der Waals surface area contributed by atoms with Gasteiger partial charge in [-0.05, 0) is 35.6 Å². The topological polar surface area (TPSA) is 68.5 Å². The standard InChI is InChI=1S/C25H25N3O3/c1-17(18-8-5-4-6-9-18)14-20-15-23(31-27-20)25(29)28(2)16-19-11-12-22(30-3)24-21(19)10-7-13-26-24/h4-13,15,17H,14,16H2,1-3H3/t17-/m1/s1. The van der Waals surface area contributed by atoms with Crippen LogP contribution in [0, 0.1) is 0 Å². The van der Waals surface area contributed by atoms with Crippen LogP contribution in [0.2, 0.25) is 0 Å². The van der Waals surface area contributed by atoms with Gasteiger partial charge in [-0.2, -0.15) is 0 Å². The van der Waals surface area contributed by atoms with Crippen molar-refractivity contribution >= 4 is 16.8 Å². The molecule has 31 heavy (non-hydrogen) atoms. The van der Waals surface area contributed by atoms with E-state index in [2.05, 4.69) is 29.2 Å². The molecule has 2 aromatic carbocycles. The fourth-order valence-electron chi connectivity index (χ4n) is 3.75. The smallest absolute Gasteiger partial charge is 0.292 e. The van der Waals surface area contributed by atoms with Gasteiger partial charge >= 0.3 is 0 Å². The van der Waals surface area contributed by atoms with Gasteiger partial charge < -0.3 is 14.2 Å². The summed E-state index contributed by atoms with van der Waals surface area (Å²) in [5, 5.41) is 5.07. The number of carbonyl (C=O) groups is 1. The molecule has 0 spiro atoms. The monoisotopic (exact) mass is 415 g/mol. The minimum atomic E-state index is -0.209. The molecule has 0 aliphatic heterocycles. The summed E-state index contributed by atoms with van der Waals surface area (Å²) in [6.07, 6.45) is 2.44. The van der Waals surface area contributed by atoms with Crippen LogP contribution in [0.5, 0.6) is 5.75 Å². The van der Waals surface area contributed by atoms with Crippen molar-refractivity contribution in [3.63, 3.8) is 0 Å². The van der Waals surface area contributed by atoms with E-state index in [1.807, 2.05) is 42.5 Å². The molecule has 0 saturated heterocycles. The van der Waals surface area contributed by atoms with Crippen molar-refractivity contribution in [3.05, 3.63) is 89.4 Å². The van der Waals surface area contributed by atoms with E-state index in [0.29, 0.717) is 18.7 Å². The largest absolute Gasteiger partial charge is 0.494 e. The van der Waals surface area contributed by atoms with Crippen LogP contribution in [0.4, 0.5) is 0 Å². The van der Waals surface area contributed by atoms with Crippen molar-refractivity contribution in [3.8, 4) is 5.75 Å². The maximum Gasteiger partial charge on any atom is 0.292 e. The van der Waals surface area contributed by atoms with Crippen molar-refractivity contribution < 1.29 is 14.1 Å². The molecule has 6 nitrogen and oxygen atoms in total. The van der Waals surface area contributed by atoms with E-state index in [1.54, 1.807) is 31.3 Å². The van der Waals surface area contributed by atoms with Crippen molar-refractivity contribution in [1.82, 2.24) is 15.0 Å². The third-order valence-electron chi connectivity index (χ3n) is 5.45. The summed E-state index contributed by atoms with van der Waals surface area (Å²) in [5.41, 5.74) is 3.76. The van der Waals surface area contributed by atoms with E-state index >= 15 is 0 Å². The first-order valence-corrected chi connectivity index (χ1v) is 10.2. The Labute approximate surface area is 181 Å². The first-order valence-electron chi connectivity index (χ1n) is 10.2. The van der Waals surface area contributed by atoms with Crippen molar-refractivity contribution in [2.75, 3.05) is 14.2 Å². The second-order valence-electron chi connectivity index (χ2n) is 7.69. The maximum absolute atomic E-state index is 12.9. The minimum Gasteiger partial charge on any atom is -0.494 e. The summed E-state index contributed by atoms with van der Waals surface area (Å²) < 4.78 is 10.8. The molecule has 4 rings (SSSR count). The van der Waals surface area contributed by atoms with Crippen LogP contribution in [-0.4, -0.2) is 35.1 Å². The molecule has 4 aromatic rings. The molecular formula is C25H25N3O3. The highest BCUT2D eigenvalue weighted by molar-refractivity contribution is 5.92. The van der Waals surface area contributed by atoms with E-state index in [0.717, 1.165) is 22.2 Å². The van der Waals surface area contributed by atoms with Crippen molar-refractivity contribution in [1.29, 1.82) is 0 Å². The van der Waals surface area contributed by atoms with Gasteiger partial charge in [-0.15, -0.1) is 0 Å². The number of benzene rings is 2. The first-order chi connectivity index (χ1) is 15.1. The fourth-order valence-corrected chi connectivity index (χ4v) is 3.75. The average Bonchev–Trinajstić information content (AvgIpc) is 3.27. The van der Waals surface area contributed by atoms with E-state index in [-0.39, 0.29) is 17.6 Å². The van der Waals surface area contributed by atoms with Crippen LogP contribution in [0.15, 0.2) is 71.4 Å². The lowest BCUT2D eigenvalue weighted by atomic mass is 9.96. The normalized spacial score (nSPS) is 12.0. The first kappa shape index (κ1) is 20.6. The number of fused-ring (bicyclic) bond motifs is 1. The Morgan fingerprint density at radius 2 is 1.94 bits per heavy atom. The highest BCUT2D eigenvalue weighted by Gasteiger charge is 2.20. The lowest BCUT2D eigenvalue weighted by Gasteiger charge is -2.17. The highest BCUT2D eigenvalue weighted by atomic mass is 16.5. The summed E-state index contributed by atoms with van der Waals surface area (Å²) in [5.74, 6) is 1.03. The van der Waals surface area contributed by atoms with E-state index < -0.39 is 0 Å². The number of aromatic nitrogens is 2. The quantitative estimate of drug-likeness (QED) is 0.432. The van der Waals surface area contributed by atoms with Crippen molar-refractivity contribution in [2.24, 2.45) is 0 Å². The van der Waals surface area contributed by atoms with Gasteiger partial charge in [0.1, 0.15) is 11.3 Å². The van der Waals surface area contributed by atoms with Gasteiger partial charge in [0.25, 0.3) is 5.91 Å². The summed E-state index contributed by atoms with van der Waals surface area (Å²) >= 11 is 0. The van der Waals surface area contributed by atoms with Gasteiger partial charge in [0.15, 0.2) is 0 Å². The predicted molar refractivity (Wildman–Crippen MR) is 119 cm³/mol. The van der Waals surface area contributed by atoms with Gasteiger partial charge in [-0.1, -0.05) is 54.5 Å². The van der Waals surface area contributed by atoms with E-state index in [9.17, 15) is 4.79 Å². The zero-order valence-corrected chi connectivity index (χ0v) is 17.9. The molecule has 6 heteroatoms. The Hall–Kier alpha value is -3.67. The number of amides is 1. The Balaban J connectivity index is 1.48. The molecule has 1 atom stereocenters. The molecule has 2 heterocycles. The van der Waals surface area contributed by atoms with Gasteiger partial charge in [0.2, 0.25) is 5.76 Å². The number of ether oxygens (including phenoxy) is 1. The molecule has 0 bridgehead atoms. The van der Waals surface area contributed by atoms with Gasteiger partial charge in [0.05, 0.1) is 12.8 Å². The molecule has 0 N–H and O–H groups in total. The average molecular weight is 415 g/mol. The fraction of sp³-hybridized carbons (Fsp3) is 0.240. The molecule has 0 aliphatic rings. The number of pyridine rings is 1. The van der Waals surface area contributed by atoms with Crippen molar-refractivity contribution in [2.45, 2.75) is 25.8 Å². The van der Waals surface area contributed by atoms with Crippen LogP contribution in [-0.2, 0) is 13.0 Å². The van der Waals surface area contributed by atoms with E-state index in [4.69, 9.17) is 9.26 Å². The van der Waals surface area contributed by atoms with Crippen LogP contribution in [0.25, 0.3) is 10.9 Å². The third kappa shape index (κ3) is 4.43. The van der Waals surface area contributed by atoms with Gasteiger partial charge in [-0.25, -0.2) is 0 Å². The predicted octanol–water partition coefficient (Wildman–Crippen LogP) is 4.85. The Morgan fingerprint density at radius 3 is 2.71 bits per heavy atom. The molecule has 0 saturated carbocycles. The third-order valence-corrected chi connectivity index (χ3v) is 5.45. The number of rotatable bonds is 7. The number of carbonyl (C=O) groups excluding carboxylic acids is 1. The maximum atomic E-state index is 12.9. The van der Waals surface area contributed by atoms with Gasteiger partial charge in [0, 0.05) is 31.2 Å². The van der Waals surface area contributed by atoms with Crippen LogP contribution in [0.1, 0.15) is 40.2 Å². The molecular weight excluding hydrogens is 390 g/mol. The second-order valence-corrected chi connectivity index (χ2v) is 7.69. The summed E-state index contributed by atoms with van der Waals surface area (Å²) in [7, 11) is 3.38. The Kier molecular flexibility index (Phi) is 5.98. The van der Waals surface area contributed by atoms with Crippen LogP contribution >= 0.6 is 0 Å². The van der Waals surface area contributed by atoms with Gasteiger partial charge in [-0.3, -0.25) is 9.78 Å². The molecule has 0 radical (unpaired) electrons. The molecule has 0 aliphatic carbocycles. The number of hydrogen-bond donors (Lipinski definition) is 0. The Morgan fingerprint density at radius 1 is 1.13 bits per heavy atom. The van der Waals surface area contributed by atoms with Crippen LogP contribution < -0.4 is 4.74 Å². The van der Waals surface area contributed by atoms with E-state index in [1.165, 1.54) is 5.56 Å². The lowest BCUT2D eigenvalue weighted by molar-refractivity contribution is 0.0744. The second kappa shape index (κ2) is 9.00. The SMILES string of the molecule is COc1ccc(CN(C)C(=O)c2cc(C[C@@H](C)c3ccccc3)no2)c2cccnc12. The number of hydrogen-bond acceptors (Lipinski definition) is 5. The number of methoxy groups -OCH3 is 1. The molecule has 2 aromatic heterocycles. The zero-order valence-electron chi connectivity index (χ0n) is 17.9. The summed E-state index contributed by atoms with van der Waals surface area (Å²) in [6.45, 7) is 2.56. The molecule has 0 fully saturated rings. The minimum absolute atomic E-state index is 0.209. The molecule has 0 unspecified atom stereocenters. The lowest BCUT2D eigenvalue weighted by Crippen LogP contribution is -2.26. The van der Waals surface area contributed by atoms with Crippen LogP contribution in [0.3, 0.4) is 0 Å². The summed E-state index contributed by atoms with van der Waals surface area (Å²) in [4.78, 5) is 19.0. The summed E-state index contributed by atoms with van der Waals surface area (Å²) in [6, 6.07) is 19.7. The molecule has 158 valence electrons. The number of nitrogens with zero attached hydrogens (tertiary/aromatic N) is 3. The zero-order chi connectivity index (χ0) is 21.8. The highest BCUT2D eigenvalue weighted by Crippen LogP contribution is 2.27.